The summed E-state index contributed by atoms with van der Waals surface area (Å²) >= 11 is 0. The number of aromatic nitrogens is 1. The van der Waals surface area contributed by atoms with E-state index in [1.54, 1.807) is 0 Å². The quantitative estimate of drug-likeness (QED) is 0.173. The van der Waals surface area contributed by atoms with Crippen molar-refractivity contribution in [1.82, 2.24) is 4.57 Å². The molecule has 0 unspecified atom stereocenters. The predicted molar refractivity (Wildman–Crippen MR) is 233 cm³/mol. The molecule has 1 heterocycles. The predicted octanol–water partition coefficient (Wildman–Crippen LogP) is 14.5. The molecule has 55 heavy (non-hydrogen) atoms. The highest BCUT2D eigenvalue weighted by atomic mass is 15.1. The van der Waals surface area contributed by atoms with Gasteiger partial charge < -0.3 is 9.47 Å². The first-order valence-electron chi connectivity index (χ1n) is 19.2. The van der Waals surface area contributed by atoms with Crippen molar-refractivity contribution < 1.29 is 0 Å². The number of nitrogens with zero attached hydrogens (tertiary/aromatic N) is 2. The van der Waals surface area contributed by atoms with Crippen LogP contribution in [0.3, 0.4) is 0 Å². The van der Waals surface area contributed by atoms with Gasteiger partial charge in [-0.05, 0) is 116 Å². The van der Waals surface area contributed by atoms with E-state index >= 15 is 0 Å². The highest BCUT2D eigenvalue weighted by Gasteiger charge is 2.36. The molecule has 0 bridgehead atoms. The Balaban J connectivity index is 0.967. The van der Waals surface area contributed by atoms with E-state index in [-0.39, 0.29) is 5.41 Å². The molecule has 2 heteroatoms. The Labute approximate surface area is 321 Å². The molecule has 1 aliphatic rings. The third-order valence-electron chi connectivity index (χ3n) is 11.9. The van der Waals surface area contributed by atoms with E-state index in [0.717, 1.165) is 22.7 Å². The Morgan fingerprint density at radius 1 is 0.400 bits per heavy atom. The number of hydrogen-bond acceptors (Lipinski definition) is 1. The Morgan fingerprint density at radius 3 is 1.75 bits per heavy atom. The van der Waals surface area contributed by atoms with Crippen molar-refractivity contribution in [2.45, 2.75) is 19.3 Å². The van der Waals surface area contributed by atoms with Gasteiger partial charge in [0.25, 0.3) is 0 Å². The average molecular weight is 703 g/mol. The van der Waals surface area contributed by atoms with Gasteiger partial charge in [0.05, 0.1) is 11.0 Å². The van der Waals surface area contributed by atoms with E-state index in [2.05, 4.69) is 217 Å². The molecule has 9 aromatic carbocycles. The zero-order chi connectivity index (χ0) is 36.7. The van der Waals surface area contributed by atoms with E-state index in [0.29, 0.717) is 0 Å². The summed E-state index contributed by atoms with van der Waals surface area (Å²) in [5, 5.41) is 7.66. The van der Waals surface area contributed by atoms with Crippen LogP contribution in [0.1, 0.15) is 25.0 Å². The summed E-state index contributed by atoms with van der Waals surface area (Å²) < 4.78 is 2.43. The third kappa shape index (κ3) is 4.88. The van der Waals surface area contributed by atoms with Crippen LogP contribution < -0.4 is 4.90 Å². The molecule has 0 saturated heterocycles. The lowest BCUT2D eigenvalue weighted by molar-refractivity contribution is 0.661. The summed E-state index contributed by atoms with van der Waals surface area (Å²) in [6.07, 6.45) is 0. The summed E-state index contributed by atoms with van der Waals surface area (Å²) in [5.41, 5.74) is 14.8. The van der Waals surface area contributed by atoms with Crippen LogP contribution in [0.5, 0.6) is 0 Å². The molecule has 1 aliphatic carbocycles. The molecule has 0 amide bonds. The summed E-state index contributed by atoms with van der Waals surface area (Å²) in [6, 6.07) is 71.3. The van der Waals surface area contributed by atoms with Gasteiger partial charge in [0.15, 0.2) is 0 Å². The Hall–Kier alpha value is -6.90. The smallest absolute Gasteiger partial charge is 0.0619 e. The maximum Gasteiger partial charge on any atom is 0.0619 e. The first-order valence-corrected chi connectivity index (χ1v) is 19.2. The van der Waals surface area contributed by atoms with Gasteiger partial charge in [0.1, 0.15) is 0 Å². The average Bonchev–Trinajstić information content (AvgIpc) is 3.69. The van der Waals surface area contributed by atoms with E-state index in [1.165, 1.54) is 76.7 Å². The Morgan fingerprint density at radius 2 is 0.982 bits per heavy atom. The van der Waals surface area contributed by atoms with Gasteiger partial charge >= 0.3 is 0 Å². The van der Waals surface area contributed by atoms with Crippen LogP contribution in [0.15, 0.2) is 194 Å². The second-order valence-corrected chi connectivity index (χ2v) is 15.4. The standard InChI is InChI=1S/C53H38N2/c1-53(2)49-33-39-14-7-6-13-38(39)32-48(49)45-31-29-43(34-50(45)53)54(40-15-4-3-5-16-40)41-25-20-35(21-26-41)36-22-27-42(28-23-36)55-51-19-11-10-18-46(51)47-30-24-37-12-8-9-17-44(37)52(47)55/h3-34H,1-2H3. The van der Waals surface area contributed by atoms with Crippen molar-refractivity contribution in [3.63, 3.8) is 0 Å². The molecule has 0 spiro atoms. The fourth-order valence-electron chi connectivity index (χ4n) is 9.18. The SMILES string of the molecule is CC1(C)c2cc(N(c3ccccc3)c3ccc(-c4ccc(-n5c6ccccc6c6ccc7ccccc7c65)cc4)cc3)ccc2-c2cc3ccccc3cc21. The van der Waals surface area contributed by atoms with Crippen molar-refractivity contribution in [2.75, 3.05) is 4.90 Å². The molecule has 10 aromatic rings. The summed E-state index contributed by atoms with van der Waals surface area (Å²) in [6.45, 7) is 4.74. The van der Waals surface area contributed by atoms with Gasteiger partial charge in [0, 0.05) is 44.3 Å². The molecule has 0 atom stereocenters. The number of fused-ring (bicyclic) bond motifs is 9. The summed E-state index contributed by atoms with van der Waals surface area (Å²) in [5.74, 6) is 0. The second-order valence-electron chi connectivity index (χ2n) is 15.4. The maximum absolute atomic E-state index is 2.43. The zero-order valence-electron chi connectivity index (χ0n) is 30.9. The highest BCUT2D eigenvalue weighted by Crippen LogP contribution is 2.52. The van der Waals surface area contributed by atoms with Crippen molar-refractivity contribution in [3.05, 3.63) is 205 Å². The van der Waals surface area contributed by atoms with Crippen LogP contribution in [-0.2, 0) is 5.41 Å². The fraction of sp³-hybridized carbons (Fsp3) is 0.0566. The normalized spacial score (nSPS) is 13.1. The monoisotopic (exact) mass is 702 g/mol. The lowest BCUT2D eigenvalue weighted by atomic mass is 9.81. The topological polar surface area (TPSA) is 8.17 Å². The molecule has 260 valence electrons. The van der Waals surface area contributed by atoms with Crippen molar-refractivity contribution >= 4 is 60.4 Å². The Kier molecular flexibility index (Phi) is 6.93. The van der Waals surface area contributed by atoms with Gasteiger partial charge in [-0.25, -0.2) is 0 Å². The van der Waals surface area contributed by atoms with Crippen LogP contribution in [0.4, 0.5) is 17.1 Å². The van der Waals surface area contributed by atoms with Gasteiger partial charge in [-0.2, -0.15) is 0 Å². The van der Waals surface area contributed by atoms with Crippen molar-refractivity contribution in [2.24, 2.45) is 0 Å². The van der Waals surface area contributed by atoms with Crippen LogP contribution in [0.25, 0.3) is 71.3 Å². The van der Waals surface area contributed by atoms with Gasteiger partial charge in [0.2, 0.25) is 0 Å². The molecule has 11 rings (SSSR count). The minimum absolute atomic E-state index is 0.116. The fourth-order valence-corrected chi connectivity index (χ4v) is 9.18. The van der Waals surface area contributed by atoms with E-state index < -0.39 is 0 Å². The van der Waals surface area contributed by atoms with Crippen molar-refractivity contribution in [1.29, 1.82) is 0 Å². The number of anilines is 3. The van der Waals surface area contributed by atoms with Crippen LogP contribution in [0.2, 0.25) is 0 Å². The highest BCUT2D eigenvalue weighted by molar-refractivity contribution is 6.18. The van der Waals surface area contributed by atoms with Crippen molar-refractivity contribution in [3.8, 4) is 27.9 Å². The third-order valence-corrected chi connectivity index (χ3v) is 11.9. The van der Waals surface area contributed by atoms with Crippen LogP contribution in [-0.4, -0.2) is 4.57 Å². The molecule has 0 saturated carbocycles. The molecule has 1 aromatic heterocycles. The zero-order valence-corrected chi connectivity index (χ0v) is 30.9. The first kappa shape index (κ1) is 31.6. The number of rotatable bonds is 5. The molecule has 2 nitrogen and oxygen atoms in total. The number of benzene rings is 9. The van der Waals surface area contributed by atoms with E-state index in [1.807, 2.05) is 0 Å². The second kappa shape index (κ2) is 12.1. The van der Waals surface area contributed by atoms with E-state index in [4.69, 9.17) is 0 Å². The largest absolute Gasteiger partial charge is 0.310 e. The number of para-hydroxylation sites is 2. The Bertz CT molecular complexity index is 3100. The molecular weight excluding hydrogens is 665 g/mol. The molecule has 0 aliphatic heterocycles. The molecule has 0 fully saturated rings. The number of hydrogen-bond donors (Lipinski definition) is 0. The molecule has 0 radical (unpaired) electrons. The summed E-state index contributed by atoms with van der Waals surface area (Å²) in [4.78, 5) is 2.38. The maximum atomic E-state index is 2.43. The van der Waals surface area contributed by atoms with Crippen LogP contribution >= 0.6 is 0 Å². The first-order chi connectivity index (χ1) is 27.0. The van der Waals surface area contributed by atoms with Crippen LogP contribution in [0, 0.1) is 0 Å². The lowest BCUT2D eigenvalue weighted by Crippen LogP contribution is -2.16. The lowest BCUT2D eigenvalue weighted by Gasteiger charge is -2.28. The molecule has 0 N–H and O–H groups in total. The van der Waals surface area contributed by atoms with Gasteiger partial charge in [-0.3, -0.25) is 0 Å². The van der Waals surface area contributed by atoms with Gasteiger partial charge in [-0.15, -0.1) is 0 Å². The minimum Gasteiger partial charge on any atom is -0.310 e. The van der Waals surface area contributed by atoms with Gasteiger partial charge in [-0.1, -0.05) is 141 Å². The minimum atomic E-state index is -0.116. The van der Waals surface area contributed by atoms with E-state index in [9.17, 15) is 0 Å². The molecular formula is C53H38N2. The summed E-state index contributed by atoms with van der Waals surface area (Å²) in [7, 11) is 0.